The van der Waals surface area contributed by atoms with Crippen molar-refractivity contribution in [3.8, 4) is 0 Å². The van der Waals surface area contributed by atoms with Crippen molar-refractivity contribution in [2.45, 2.75) is 30.0 Å². The number of rotatable bonds is 8. The van der Waals surface area contributed by atoms with E-state index in [1.54, 1.807) is 0 Å². The summed E-state index contributed by atoms with van der Waals surface area (Å²) in [6.45, 7) is 0.373. The van der Waals surface area contributed by atoms with E-state index in [2.05, 4.69) is 95.6 Å². The molecule has 0 saturated heterocycles. The Balaban J connectivity index is 3.72. The van der Waals surface area contributed by atoms with Gasteiger partial charge in [0.05, 0.1) is 6.61 Å². The van der Waals surface area contributed by atoms with Gasteiger partial charge in [-0.2, -0.15) is 0 Å². The summed E-state index contributed by atoms with van der Waals surface area (Å²) in [5.74, 6) is -2.37. The monoisotopic (exact) mass is 712 g/mol. The molecule has 0 saturated carbocycles. The van der Waals surface area contributed by atoms with Crippen molar-refractivity contribution >= 4 is 124 Å². The van der Waals surface area contributed by atoms with Gasteiger partial charge < -0.3 is 4.52 Å². The molecule has 2 nitrogen and oxygen atoms in total. The molecule has 0 bridgehead atoms. The Hall–Kier alpha value is 3.71. The Labute approximate surface area is 173 Å². The van der Waals surface area contributed by atoms with E-state index >= 15 is 0 Å². The molecule has 19 heavy (non-hydrogen) atoms. The third-order valence-electron chi connectivity index (χ3n) is 1.70. The van der Waals surface area contributed by atoms with E-state index in [9.17, 15) is 4.57 Å². The molecule has 0 spiro atoms. The zero-order valence-electron chi connectivity index (χ0n) is 9.56. The van der Waals surface area contributed by atoms with Gasteiger partial charge in [-0.3, -0.25) is 4.57 Å². The van der Waals surface area contributed by atoms with Gasteiger partial charge >= 0.3 is 5.92 Å². The molecule has 11 heteroatoms. The highest BCUT2D eigenvalue weighted by atomic mass is 80.0. The molecule has 0 fully saturated rings. The third-order valence-corrected chi connectivity index (χ3v) is 8.31. The minimum atomic E-state index is -3.06. The van der Waals surface area contributed by atoms with Crippen LogP contribution in [0.4, 0.5) is 0 Å². The molecule has 0 aliphatic heterocycles. The van der Waals surface area contributed by atoms with Crippen LogP contribution in [0.15, 0.2) is 0 Å². The summed E-state index contributed by atoms with van der Waals surface area (Å²) < 4.78 is 16.6. The maximum Gasteiger partial charge on any atom is 0.346 e. The minimum Gasteiger partial charge on any atom is -0.310 e. The van der Waals surface area contributed by atoms with E-state index in [1.165, 1.54) is 11.4 Å². The van der Waals surface area contributed by atoms with Crippen LogP contribution >= 0.6 is 124 Å². The van der Waals surface area contributed by atoms with Crippen LogP contribution in [0, 0.1) is 0 Å². The molecule has 0 aromatic rings. The highest BCUT2D eigenvalue weighted by Crippen LogP contribution is 2.64. The molecule has 0 aliphatic rings. The Bertz CT molecular complexity index is 283. The smallest absolute Gasteiger partial charge is 0.310 e. The van der Waals surface area contributed by atoms with E-state index in [4.69, 9.17) is 15.8 Å². The largest absolute Gasteiger partial charge is 0.346 e. The average molecular weight is 718 g/mol. The van der Waals surface area contributed by atoms with Crippen molar-refractivity contribution in [2.75, 3.05) is 12.4 Å². The van der Waals surface area contributed by atoms with E-state index in [-0.39, 0.29) is 4.29 Å². The van der Waals surface area contributed by atoms with Crippen molar-refractivity contribution in [1.29, 1.82) is 0 Å². The predicted octanol–water partition coefficient (Wildman–Crippen LogP) is 8.32. The van der Waals surface area contributed by atoms with E-state index in [0.717, 1.165) is 25.7 Å². The highest BCUT2D eigenvalue weighted by Gasteiger charge is 2.23. The van der Waals surface area contributed by atoms with Gasteiger partial charge in [0.25, 0.3) is 0 Å². The zero-order chi connectivity index (χ0) is 15.2. The first-order valence-electron chi connectivity index (χ1n) is 5.14. The Kier molecular flexibility index (Phi) is 12.6. The van der Waals surface area contributed by atoms with E-state index in [0.29, 0.717) is 12.4 Å². The number of hydrogen-bond acceptors (Lipinski definition) is 3. The molecule has 0 aromatic heterocycles. The summed E-state index contributed by atoms with van der Waals surface area (Å²) >= 11 is 27.4. The fourth-order valence-corrected chi connectivity index (χ4v) is 5.84. The van der Waals surface area contributed by atoms with Crippen LogP contribution in [-0.2, 0) is 9.09 Å². The van der Waals surface area contributed by atoms with E-state index < -0.39 is 5.92 Å². The molecule has 0 amide bonds. The molecule has 1 atom stereocenters. The Morgan fingerprint density at radius 3 is 1.95 bits per heavy atom. The SMILES string of the molecule is O=P(Cl)(OCCCC(Br)(Br)Br)SCCCC(Br)(Br)Br. The van der Waals surface area contributed by atoms with Gasteiger partial charge in [-0.1, -0.05) is 107 Å². The first-order valence-corrected chi connectivity index (χ1v) is 14.0. The van der Waals surface area contributed by atoms with Gasteiger partial charge in [0.1, 0.15) is 4.29 Å². The lowest BCUT2D eigenvalue weighted by Gasteiger charge is -2.14. The van der Waals surface area contributed by atoms with Gasteiger partial charge in [-0.15, -0.1) is 0 Å². The van der Waals surface area contributed by atoms with Gasteiger partial charge in [-0.05, 0) is 36.9 Å². The van der Waals surface area contributed by atoms with Crippen molar-refractivity contribution in [2.24, 2.45) is 0 Å². The second-order valence-electron chi connectivity index (χ2n) is 3.53. The normalized spacial score (nSPS) is 16.4. The van der Waals surface area contributed by atoms with Crippen LogP contribution in [0.5, 0.6) is 0 Å². The molecule has 0 radical (unpaired) electrons. The second-order valence-corrected chi connectivity index (χ2v) is 24.0. The zero-order valence-corrected chi connectivity index (χ0v) is 21.5. The average Bonchev–Trinajstić information content (AvgIpc) is 2.17. The van der Waals surface area contributed by atoms with Crippen LogP contribution in [0.2, 0.25) is 0 Å². The van der Waals surface area contributed by atoms with Crippen LogP contribution in [0.1, 0.15) is 25.7 Å². The summed E-state index contributed by atoms with van der Waals surface area (Å²) in [6, 6.07) is 0. The Morgan fingerprint density at radius 2 is 1.47 bits per heavy atom. The summed E-state index contributed by atoms with van der Waals surface area (Å²) in [4.78, 5) is 0. The number of alkyl halides is 6. The number of hydrogen-bond donors (Lipinski definition) is 0. The summed E-state index contributed by atoms with van der Waals surface area (Å²) in [5, 5.41) is 0. The molecule has 0 heterocycles. The Morgan fingerprint density at radius 1 is 1.00 bits per heavy atom. The summed E-state index contributed by atoms with van der Waals surface area (Å²) in [5.41, 5.74) is 0. The standard InChI is InChI=1S/C8H12Br6ClO2PS/c9-7(10,11)3-1-5-17-18(15,16)19-6-2-4-8(12,13)14/h1-6H2. The predicted molar refractivity (Wildman–Crippen MR) is 109 cm³/mol. The molecule has 116 valence electrons. The minimum absolute atomic E-state index is 0.254. The van der Waals surface area contributed by atoms with Crippen LogP contribution < -0.4 is 0 Å². The lowest BCUT2D eigenvalue weighted by atomic mass is 10.4. The molecule has 0 aromatic carbocycles. The van der Waals surface area contributed by atoms with Gasteiger partial charge in [-0.25, -0.2) is 0 Å². The second kappa shape index (κ2) is 10.5. The maximum atomic E-state index is 11.9. The molecule has 1 unspecified atom stereocenters. The number of halogens is 7. The van der Waals surface area contributed by atoms with E-state index in [1.807, 2.05) is 0 Å². The van der Waals surface area contributed by atoms with Gasteiger partial charge in [0.15, 0.2) is 0 Å². The summed E-state index contributed by atoms with van der Waals surface area (Å²) in [6.07, 6.45) is 3.23. The topological polar surface area (TPSA) is 26.3 Å². The highest BCUT2D eigenvalue weighted by molar-refractivity contribution is 9.39. The van der Waals surface area contributed by atoms with Crippen molar-refractivity contribution in [3.63, 3.8) is 0 Å². The van der Waals surface area contributed by atoms with Crippen molar-refractivity contribution in [1.82, 2.24) is 0 Å². The molecular formula is C8H12Br6ClO2PS. The van der Waals surface area contributed by atoms with Gasteiger partial charge in [0.2, 0.25) is 0 Å². The maximum absolute atomic E-state index is 11.9. The first kappa shape index (κ1) is 22.7. The van der Waals surface area contributed by atoms with Crippen LogP contribution in [0.3, 0.4) is 0 Å². The van der Waals surface area contributed by atoms with Crippen molar-refractivity contribution < 1.29 is 9.09 Å². The quantitative estimate of drug-likeness (QED) is 0.144. The lowest BCUT2D eigenvalue weighted by molar-refractivity contribution is 0.325. The fourth-order valence-electron chi connectivity index (χ4n) is 0.930. The van der Waals surface area contributed by atoms with Gasteiger partial charge in [0, 0.05) is 5.75 Å². The summed E-state index contributed by atoms with van der Waals surface area (Å²) in [7, 11) is 0. The lowest BCUT2D eigenvalue weighted by Crippen LogP contribution is -2.01. The molecule has 0 N–H and O–H groups in total. The fraction of sp³-hybridized carbons (Fsp3) is 1.00. The van der Waals surface area contributed by atoms with Crippen molar-refractivity contribution in [3.05, 3.63) is 0 Å². The first-order chi connectivity index (χ1) is 8.41. The third kappa shape index (κ3) is 17.9. The molecule has 0 rings (SSSR count). The van der Waals surface area contributed by atoms with Crippen LogP contribution in [-0.4, -0.2) is 16.6 Å². The molecular weight excluding hydrogens is 706 g/mol. The molecule has 0 aliphatic carbocycles. The van der Waals surface area contributed by atoms with Crippen LogP contribution in [0.25, 0.3) is 0 Å².